The number of carbonyl (C=O) groups excluding carboxylic acids is 1. The molecular weight excluding hydrogens is 469 g/mol. The third-order valence-electron chi connectivity index (χ3n) is 6.24. The molecule has 0 spiro atoms. The van der Waals surface area contributed by atoms with Gasteiger partial charge in [-0.05, 0) is 76.2 Å². The second kappa shape index (κ2) is 10.7. The molecule has 1 aliphatic rings. The van der Waals surface area contributed by atoms with Crippen molar-refractivity contribution >= 4 is 21.6 Å². The Hall–Kier alpha value is -3.08. The summed E-state index contributed by atoms with van der Waals surface area (Å²) < 4.78 is 42.7. The van der Waals surface area contributed by atoms with Crippen LogP contribution in [-0.2, 0) is 14.8 Å². The van der Waals surface area contributed by atoms with Crippen molar-refractivity contribution in [1.82, 2.24) is 19.4 Å². The topological polar surface area (TPSA) is 96.3 Å². The number of benzene rings is 2. The van der Waals surface area contributed by atoms with Crippen LogP contribution in [0.1, 0.15) is 30.7 Å². The lowest BCUT2D eigenvalue weighted by Crippen LogP contribution is -2.45. The number of nitrogens with zero attached hydrogens (tertiary/aromatic N) is 3. The minimum Gasteiger partial charge on any atom is -0.323 e. The predicted octanol–water partition coefficient (Wildman–Crippen LogP) is 3.40. The van der Waals surface area contributed by atoms with Crippen molar-refractivity contribution < 1.29 is 17.6 Å². The molecule has 1 saturated heterocycles. The maximum atomic E-state index is 13.1. The summed E-state index contributed by atoms with van der Waals surface area (Å²) in [5.41, 5.74) is 3.30. The molecule has 4 rings (SSSR count). The van der Waals surface area contributed by atoms with Crippen LogP contribution in [0.2, 0.25) is 0 Å². The number of sulfonamides is 1. The molecule has 0 radical (unpaired) electrons. The zero-order chi connectivity index (χ0) is 25.0. The molecule has 186 valence electrons. The van der Waals surface area contributed by atoms with Crippen LogP contribution in [0.3, 0.4) is 0 Å². The van der Waals surface area contributed by atoms with Crippen LogP contribution < -0.4 is 10.0 Å². The molecule has 1 aromatic heterocycles. The van der Waals surface area contributed by atoms with Crippen LogP contribution in [0.5, 0.6) is 0 Å². The number of amides is 1. The lowest BCUT2D eigenvalue weighted by atomic mass is 10.1. The van der Waals surface area contributed by atoms with E-state index in [9.17, 15) is 17.6 Å². The minimum atomic E-state index is -3.69. The van der Waals surface area contributed by atoms with Crippen LogP contribution in [0, 0.1) is 19.7 Å². The number of anilines is 1. The van der Waals surface area contributed by atoms with E-state index in [1.54, 1.807) is 0 Å². The van der Waals surface area contributed by atoms with E-state index in [0.717, 1.165) is 34.9 Å². The Morgan fingerprint density at radius 2 is 1.71 bits per heavy atom. The molecule has 0 atom stereocenters. The van der Waals surface area contributed by atoms with E-state index < -0.39 is 15.8 Å². The molecule has 1 fully saturated rings. The highest BCUT2D eigenvalue weighted by Gasteiger charge is 2.25. The highest BCUT2D eigenvalue weighted by atomic mass is 32.2. The normalized spacial score (nSPS) is 15.3. The molecule has 8 nitrogen and oxygen atoms in total. The molecule has 35 heavy (non-hydrogen) atoms. The summed E-state index contributed by atoms with van der Waals surface area (Å²) in [5.74, 6) is -0.556. The lowest BCUT2D eigenvalue weighted by molar-refractivity contribution is -0.116. The maximum absolute atomic E-state index is 13.1. The van der Waals surface area contributed by atoms with Gasteiger partial charge < -0.3 is 10.2 Å². The monoisotopic (exact) mass is 499 g/mol. The molecule has 10 heteroatoms. The smallest absolute Gasteiger partial charge is 0.240 e. The zero-order valence-electron chi connectivity index (χ0n) is 19.9. The summed E-state index contributed by atoms with van der Waals surface area (Å²) in [6, 6.07) is 14.4. The highest BCUT2D eigenvalue weighted by Crippen LogP contribution is 2.23. The van der Waals surface area contributed by atoms with Crippen molar-refractivity contribution in [2.75, 3.05) is 25.0 Å². The number of hydrogen-bond donors (Lipinski definition) is 2. The standard InChI is InChI=1S/C25H30FN5O3S/c1-18-25(19(2)31(28-18)22-6-4-3-5-7-22)27-24(32)14-17-30-15-12-21(13-16-30)29-35(33,34)23-10-8-20(26)9-11-23/h3-11,21,29H,12-17H2,1-2H3,(H,27,32). The number of hydrogen-bond acceptors (Lipinski definition) is 5. The minimum absolute atomic E-state index is 0.0548. The molecule has 0 bridgehead atoms. The second-order valence-corrected chi connectivity index (χ2v) is 10.5. The third-order valence-corrected chi connectivity index (χ3v) is 7.78. The number of aromatic nitrogens is 2. The molecule has 2 heterocycles. The predicted molar refractivity (Wildman–Crippen MR) is 132 cm³/mol. The first-order chi connectivity index (χ1) is 16.7. The Labute approximate surface area is 205 Å². The van der Waals surface area contributed by atoms with Gasteiger partial charge in [-0.1, -0.05) is 18.2 Å². The zero-order valence-corrected chi connectivity index (χ0v) is 20.7. The van der Waals surface area contributed by atoms with E-state index in [0.29, 0.717) is 38.9 Å². The van der Waals surface area contributed by atoms with Crippen molar-refractivity contribution in [3.8, 4) is 5.69 Å². The maximum Gasteiger partial charge on any atom is 0.240 e. The summed E-state index contributed by atoms with van der Waals surface area (Å²) in [7, 11) is -3.69. The molecule has 1 amide bonds. The highest BCUT2D eigenvalue weighted by molar-refractivity contribution is 7.89. The van der Waals surface area contributed by atoms with Crippen LogP contribution in [0.25, 0.3) is 5.69 Å². The Kier molecular flexibility index (Phi) is 7.63. The fourth-order valence-electron chi connectivity index (χ4n) is 4.28. The number of piperidine rings is 1. The SMILES string of the molecule is Cc1nn(-c2ccccc2)c(C)c1NC(=O)CCN1CCC(NS(=O)(=O)c2ccc(F)cc2)CC1. The summed E-state index contributed by atoms with van der Waals surface area (Å²) >= 11 is 0. The Bertz CT molecular complexity index is 1270. The quantitative estimate of drug-likeness (QED) is 0.495. The van der Waals surface area contributed by atoms with Crippen LogP contribution in [-0.4, -0.2) is 54.7 Å². The van der Waals surface area contributed by atoms with Gasteiger partial charge in [0.2, 0.25) is 15.9 Å². The summed E-state index contributed by atoms with van der Waals surface area (Å²) in [5, 5.41) is 7.57. The van der Waals surface area contributed by atoms with E-state index in [1.807, 2.05) is 48.9 Å². The number of halogens is 1. The number of nitrogens with one attached hydrogen (secondary N) is 2. The molecule has 1 aliphatic heterocycles. The fraction of sp³-hybridized carbons (Fsp3) is 0.360. The van der Waals surface area contributed by atoms with Crippen LogP contribution in [0.15, 0.2) is 59.5 Å². The number of aryl methyl sites for hydroxylation is 1. The van der Waals surface area contributed by atoms with Gasteiger partial charge in [0, 0.05) is 19.0 Å². The second-order valence-electron chi connectivity index (χ2n) is 8.78. The van der Waals surface area contributed by atoms with Gasteiger partial charge in [-0.3, -0.25) is 4.79 Å². The Morgan fingerprint density at radius 1 is 1.06 bits per heavy atom. The average Bonchev–Trinajstić information content (AvgIpc) is 3.12. The van der Waals surface area contributed by atoms with Crippen molar-refractivity contribution in [3.63, 3.8) is 0 Å². The largest absolute Gasteiger partial charge is 0.323 e. The number of likely N-dealkylation sites (tertiary alicyclic amines) is 1. The molecule has 0 unspecified atom stereocenters. The van der Waals surface area contributed by atoms with Crippen LogP contribution >= 0.6 is 0 Å². The third kappa shape index (κ3) is 6.14. The van der Waals surface area contributed by atoms with E-state index in [2.05, 4.69) is 20.0 Å². The number of carbonyl (C=O) groups is 1. The molecule has 0 aliphatic carbocycles. The van der Waals surface area contributed by atoms with Gasteiger partial charge in [-0.2, -0.15) is 5.10 Å². The van der Waals surface area contributed by atoms with Gasteiger partial charge in [0.1, 0.15) is 5.82 Å². The molecule has 3 aromatic rings. The molecule has 2 N–H and O–H groups in total. The summed E-state index contributed by atoms with van der Waals surface area (Å²) in [6.07, 6.45) is 1.62. The van der Waals surface area contributed by atoms with Gasteiger partial charge in [-0.25, -0.2) is 22.2 Å². The molecule has 2 aromatic carbocycles. The van der Waals surface area contributed by atoms with Crippen molar-refractivity contribution in [2.24, 2.45) is 0 Å². The van der Waals surface area contributed by atoms with Crippen molar-refractivity contribution in [1.29, 1.82) is 0 Å². The summed E-state index contributed by atoms with van der Waals surface area (Å²) in [6.45, 7) is 5.77. The van der Waals surface area contributed by atoms with E-state index in [1.165, 1.54) is 12.1 Å². The first-order valence-electron chi connectivity index (χ1n) is 11.6. The van der Waals surface area contributed by atoms with Crippen molar-refractivity contribution in [3.05, 3.63) is 71.8 Å². The average molecular weight is 500 g/mol. The molecular formula is C25H30FN5O3S. The Morgan fingerprint density at radius 3 is 2.37 bits per heavy atom. The molecule has 0 saturated carbocycles. The van der Waals surface area contributed by atoms with Gasteiger partial charge in [0.15, 0.2) is 0 Å². The number of rotatable bonds is 8. The van der Waals surface area contributed by atoms with E-state index >= 15 is 0 Å². The first kappa shape index (κ1) is 25.0. The van der Waals surface area contributed by atoms with Gasteiger partial charge in [-0.15, -0.1) is 0 Å². The Balaban J connectivity index is 1.25. The lowest BCUT2D eigenvalue weighted by Gasteiger charge is -2.32. The van der Waals surface area contributed by atoms with E-state index in [4.69, 9.17) is 0 Å². The van der Waals surface area contributed by atoms with Crippen LogP contribution in [0.4, 0.5) is 10.1 Å². The van der Waals surface area contributed by atoms with Crippen molar-refractivity contribution in [2.45, 2.75) is 44.0 Å². The summed E-state index contributed by atoms with van der Waals surface area (Å²) in [4.78, 5) is 14.9. The first-order valence-corrected chi connectivity index (χ1v) is 13.1. The van der Waals surface area contributed by atoms with Gasteiger partial charge in [0.05, 0.1) is 27.7 Å². The number of para-hydroxylation sites is 1. The fourth-order valence-corrected chi connectivity index (χ4v) is 5.59. The van der Waals surface area contributed by atoms with Gasteiger partial charge in [0.25, 0.3) is 0 Å². The van der Waals surface area contributed by atoms with E-state index in [-0.39, 0.29) is 16.8 Å². The van der Waals surface area contributed by atoms with Gasteiger partial charge >= 0.3 is 0 Å².